The van der Waals surface area contributed by atoms with Crippen LogP contribution < -0.4 is 4.74 Å². The Kier molecular flexibility index (Phi) is 7.13. The molecule has 1 saturated heterocycles. The molecular formula is C32H29NO5. The number of carbonyl (C=O) groups is 2. The van der Waals surface area contributed by atoms with Crippen molar-refractivity contribution in [2.24, 2.45) is 0 Å². The van der Waals surface area contributed by atoms with Crippen molar-refractivity contribution >= 4 is 17.4 Å². The van der Waals surface area contributed by atoms with Crippen molar-refractivity contribution in [2.75, 3.05) is 0 Å². The molecule has 2 heterocycles. The maximum atomic E-state index is 13.3. The van der Waals surface area contributed by atoms with E-state index in [0.717, 1.165) is 28.7 Å². The number of aliphatic hydroxyl groups excluding tert-OH is 1. The van der Waals surface area contributed by atoms with E-state index in [9.17, 15) is 14.7 Å². The van der Waals surface area contributed by atoms with E-state index < -0.39 is 17.7 Å². The van der Waals surface area contributed by atoms with Crippen molar-refractivity contribution in [1.29, 1.82) is 0 Å². The Hall–Kier alpha value is -4.58. The molecule has 0 spiro atoms. The van der Waals surface area contributed by atoms with Gasteiger partial charge in [0.25, 0.3) is 11.7 Å². The number of furan rings is 1. The molecule has 1 aromatic heterocycles. The number of carbonyl (C=O) groups excluding carboxylic acids is 2. The minimum Gasteiger partial charge on any atom is -0.507 e. The van der Waals surface area contributed by atoms with Crippen LogP contribution in [0.1, 0.15) is 46.5 Å². The van der Waals surface area contributed by atoms with Crippen molar-refractivity contribution in [2.45, 2.75) is 39.5 Å². The van der Waals surface area contributed by atoms with Gasteiger partial charge in [0.05, 0.1) is 24.4 Å². The van der Waals surface area contributed by atoms with Crippen LogP contribution in [0.3, 0.4) is 0 Å². The third-order valence-electron chi connectivity index (χ3n) is 6.77. The van der Waals surface area contributed by atoms with E-state index >= 15 is 0 Å². The maximum absolute atomic E-state index is 13.3. The van der Waals surface area contributed by atoms with Crippen LogP contribution in [0.5, 0.6) is 5.75 Å². The van der Waals surface area contributed by atoms with E-state index in [1.54, 1.807) is 36.4 Å². The summed E-state index contributed by atoms with van der Waals surface area (Å²) in [5.41, 5.74) is 4.58. The highest BCUT2D eigenvalue weighted by molar-refractivity contribution is 6.46. The molecule has 0 aliphatic carbocycles. The van der Waals surface area contributed by atoms with E-state index in [1.807, 2.05) is 49.4 Å². The third-order valence-corrected chi connectivity index (χ3v) is 6.77. The summed E-state index contributed by atoms with van der Waals surface area (Å²) in [7, 11) is 0. The van der Waals surface area contributed by atoms with Gasteiger partial charge in [0.15, 0.2) is 0 Å². The minimum atomic E-state index is -0.747. The molecule has 6 nitrogen and oxygen atoms in total. The molecule has 1 amide bonds. The molecule has 1 aliphatic rings. The molecule has 192 valence electrons. The molecule has 1 N–H and O–H groups in total. The van der Waals surface area contributed by atoms with E-state index in [-0.39, 0.29) is 17.9 Å². The molecule has 1 fully saturated rings. The number of hydrogen-bond donors (Lipinski definition) is 1. The van der Waals surface area contributed by atoms with Crippen molar-refractivity contribution < 1.29 is 23.8 Å². The quantitative estimate of drug-likeness (QED) is 0.171. The van der Waals surface area contributed by atoms with Gasteiger partial charge < -0.3 is 19.2 Å². The molecule has 5 rings (SSSR count). The lowest BCUT2D eigenvalue weighted by molar-refractivity contribution is -0.140. The summed E-state index contributed by atoms with van der Waals surface area (Å²) in [5.74, 6) is -0.436. The second-order valence-corrected chi connectivity index (χ2v) is 9.40. The molecule has 3 aromatic carbocycles. The molecule has 0 bridgehead atoms. The predicted octanol–water partition coefficient (Wildman–Crippen LogP) is 6.35. The van der Waals surface area contributed by atoms with Crippen LogP contribution in [0, 0.1) is 6.92 Å². The molecule has 1 atom stereocenters. The van der Waals surface area contributed by atoms with Gasteiger partial charge in [0, 0.05) is 5.56 Å². The largest absolute Gasteiger partial charge is 0.507 e. The fraction of sp³-hybridized carbons (Fsp3) is 0.188. The SMILES string of the molecule is CCc1ccc(C2/C(=C(/O)c3ccc(OCc4cccc(C)c4)cc3)C(=O)C(=O)N2Cc2ccco2)cc1. The van der Waals surface area contributed by atoms with Crippen molar-refractivity contribution in [3.05, 3.63) is 130 Å². The summed E-state index contributed by atoms with van der Waals surface area (Å²) < 4.78 is 11.4. The molecule has 38 heavy (non-hydrogen) atoms. The smallest absolute Gasteiger partial charge is 0.296 e. The highest BCUT2D eigenvalue weighted by atomic mass is 16.5. The van der Waals surface area contributed by atoms with Crippen LogP contribution in [-0.2, 0) is 29.2 Å². The van der Waals surface area contributed by atoms with Crippen molar-refractivity contribution in [3.8, 4) is 5.75 Å². The normalized spacial score (nSPS) is 16.7. The van der Waals surface area contributed by atoms with Crippen molar-refractivity contribution in [1.82, 2.24) is 4.90 Å². The average molecular weight is 508 g/mol. The van der Waals surface area contributed by atoms with Crippen LogP contribution in [0.2, 0.25) is 0 Å². The van der Waals surface area contributed by atoms with Gasteiger partial charge in [-0.15, -0.1) is 0 Å². The topological polar surface area (TPSA) is 80.0 Å². The van der Waals surface area contributed by atoms with Crippen LogP contribution in [0.25, 0.3) is 5.76 Å². The lowest BCUT2D eigenvalue weighted by Gasteiger charge is -2.24. The fourth-order valence-corrected chi connectivity index (χ4v) is 4.73. The number of aryl methyl sites for hydroxylation is 2. The number of rotatable bonds is 8. The molecule has 1 unspecified atom stereocenters. The number of ketones is 1. The summed E-state index contributed by atoms with van der Waals surface area (Å²) in [6.07, 6.45) is 2.39. The standard InChI is InChI=1S/C32H29NO5/c1-3-22-9-11-24(12-10-22)29-28(31(35)32(36)33(29)19-27-8-5-17-37-27)30(34)25-13-15-26(16-14-25)38-20-23-7-4-6-21(2)18-23/h4-18,29,34H,3,19-20H2,1-2H3/b30-28-. The van der Waals surface area contributed by atoms with Gasteiger partial charge in [-0.25, -0.2) is 0 Å². The third kappa shape index (κ3) is 5.11. The molecule has 6 heteroatoms. The Bertz CT molecular complexity index is 1470. The zero-order valence-electron chi connectivity index (χ0n) is 21.4. The zero-order valence-corrected chi connectivity index (χ0v) is 21.4. The highest BCUT2D eigenvalue weighted by Gasteiger charge is 2.46. The van der Waals surface area contributed by atoms with Gasteiger partial charge in [-0.2, -0.15) is 0 Å². The number of Topliss-reactive ketones (excluding diaryl/α,β-unsaturated/α-hetero) is 1. The average Bonchev–Trinajstić information content (AvgIpc) is 3.54. The summed E-state index contributed by atoms with van der Waals surface area (Å²) in [5, 5.41) is 11.3. The first-order valence-corrected chi connectivity index (χ1v) is 12.6. The van der Waals surface area contributed by atoms with E-state index in [4.69, 9.17) is 9.15 Å². The number of aliphatic hydroxyl groups is 1. The van der Waals surface area contributed by atoms with Gasteiger partial charge in [-0.3, -0.25) is 9.59 Å². The summed E-state index contributed by atoms with van der Waals surface area (Å²) in [4.78, 5) is 27.9. The number of likely N-dealkylation sites (tertiary alicyclic amines) is 1. The Labute approximate surface area is 221 Å². The first-order valence-electron chi connectivity index (χ1n) is 12.6. The van der Waals surface area contributed by atoms with Crippen molar-refractivity contribution in [3.63, 3.8) is 0 Å². The van der Waals surface area contributed by atoms with Crippen LogP contribution in [0.15, 0.2) is 101 Å². The summed E-state index contributed by atoms with van der Waals surface area (Å²) in [6, 6.07) is 25.5. The number of hydrogen-bond acceptors (Lipinski definition) is 5. The highest BCUT2D eigenvalue weighted by Crippen LogP contribution is 2.40. The Morgan fingerprint density at radius 1 is 0.947 bits per heavy atom. The monoisotopic (exact) mass is 507 g/mol. The Morgan fingerprint density at radius 3 is 2.37 bits per heavy atom. The summed E-state index contributed by atoms with van der Waals surface area (Å²) in [6.45, 7) is 4.62. The first kappa shape index (κ1) is 25.1. The van der Waals surface area contributed by atoms with E-state index in [1.165, 1.54) is 11.2 Å². The number of nitrogens with zero attached hydrogens (tertiary/aromatic N) is 1. The van der Waals surface area contributed by atoms with Gasteiger partial charge in [-0.1, -0.05) is 61.0 Å². The molecule has 4 aromatic rings. The Balaban J connectivity index is 1.46. The second kappa shape index (κ2) is 10.8. The second-order valence-electron chi connectivity index (χ2n) is 9.40. The molecule has 1 aliphatic heterocycles. The zero-order chi connectivity index (χ0) is 26.6. The summed E-state index contributed by atoms with van der Waals surface area (Å²) >= 11 is 0. The number of amides is 1. The molecular weight excluding hydrogens is 478 g/mol. The van der Waals surface area contributed by atoms with Crippen LogP contribution in [-0.4, -0.2) is 21.7 Å². The van der Waals surface area contributed by atoms with E-state index in [0.29, 0.717) is 23.7 Å². The number of benzene rings is 3. The fourth-order valence-electron chi connectivity index (χ4n) is 4.73. The predicted molar refractivity (Wildman–Crippen MR) is 144 cm³/mol. The van der Waals surface area contributed by atoms with Crippen LogP contribution >= 0.6 is 0 Å². The number of ether oxygens (including phenoxy) is 1. The van der Waals surface area contributed by atoms with Gasteiger partial charge in [0.2, 0.25) is 0 Å². The first-order chi connectivity index (χ1) is 18.4. The van der Waals surface area contributed by atoms with Crippen LogP contribution in [0.4, 0.5) is 0 Å². The minimum absolute atomic E-state index is 0.0548. The van der Waals surface area contributed by atoms with E-state index in [2.05, 4.69) is 13.0 Å². The van der Waals surface area contributed by atoms with Gasteiger partial charge in [0.1, 0.15) is 23.9 Å². The van der Waals surface area contributed by atoms with Gasteiger partial charge in [-0.05, 0) is 66.4 Å². The maximum Gasteiger partial charge on any atom is 0.296 e. The lowest BCUT2D eigenvalue weighted by Crippen LogP contribution is -2.29. The lowest BCUT2D eigenvalue weighted by atomic mass is 9.94. The Morgan fingerprint density at radius 2 is 1.71 bits per heavy atom. The molecule has 0 saturated carbocycles. The molecule has 0 radical (unpaired) electrons. The van der Waals surface area contributed by atoms with Gasteiger partial charge >= 0.3 is 0 Å².